The molecule has 0 N–H and O–H groups in total. The average Bonchev–Trinajstić information content (AvgIpc) is 3.17. The summed E-state index contributed by atoms with van der Waals surface area (Å²) in [5, 5.41) is 0.997. The molecule has 0 bridgehead atoms. The summed E-state index contributed by atoms with van der Waals surface area (Å²) in [6, 6.07) is 14.7. The Morgan fingerprint density at radius 3 is 2.53 bits per heavy atom. The van der Waals surface area contributed by atoms with Crippen LogP contribution in [0.25, 0.3) is 10.2 Å². The third-order valence-corrected chi connectivity index (χ3v) is 8.24. The number of fused-ring (bicyclic) bond motifs is 1. The van der Waals surface area contributed by atoms with Crippen molar-refractivity contribution in [2.75, 3.05) is 36.8 Å². The number of anilines is 1. The molecule has 158 valence electrons. The number of benzene rings is 2. The van der Waals surface area contributed by atoms with Crippen LogP contribution < -0.4 is 4.90 Å². The summed E-state index contributed by atoms with van der Waals surface area (Å²) in [5.74, 6) is 0.0197. The number of nitrogens with zero attached hydrogens (tertiary/aromatic N) is 3. The highest BCUT2D eigenvalue weighted by Gasteiger charge is 2.23. The fourth-order valence-electron chi connectivity index (χ4n) is 3.62. The highest BCUT2D eigenvalue weighted by molar-refractivity contribution is 7.91. The quantitative estimate of drug-likeness (QED) is 0.583. The SMILES string of the molecule is Cc1ccc2nc(N3CCN(C(=O)CCCS(=O)(=O)c4ccccc4)CC3)sc2c1. The van der Waals surface area contributed by atoms with Gasteiger partial charge in [-0.05, 0) is 43.2 Å². The molecule has 0 unspecified atom stereocenters. The lowest BCUT2D eigenvalue weighted by atomic mass is 10.2. The van der Waals surface area contributed by atoms with E-state index in [0.29, 0.717) is 24.4 Å². The number of thiazole rings is 1. The van der Waals surface area contributed by atoms with Crippen LogP contribution in [0, 0.1) is 6.92 Å². The Morgan fingerprint density at radius 1 is 1.07 bits per heavy atom. The number of rotatable bonds is 6. The molecule has 1 aliphatic heterocycles. The van der Waals surface area contributed by atoms with Gasteiger partial charge < -0.3 is 9.80 Å². The lowest BCUT2D eigenvalue weighted by Crippen LogP contribution is -2.48. The Morgan fingerprint density at radius 2 is 1.80 bits per heavy atom. The van der Waals surface area contributed by atoms with Crippen LogP contribution in [0.4, 0.5) is 5.13 Å². The van der Waals surface area contributed by atoms with Gasteiger partial charge in [-0.3, -0.25) is 4.79 Å². The molecule has 0 aliphatic carbocycles. The monoisotopic (exact) mass is 443 g/mol. The Bertz CT molecular complexity index is 1130. The summed E-state index contributed by atoms with van der Waals surface area (Å²) in [6.07, 6.45) is 0.597. The van der Waals surface area contributed by atoms with Crippen LogP contribution in [0.2, 0.25) is 0 Å². The van der Waals surface area contributed by atoms with Gasteiger partial charge in [0.25, 0.3) is 0 Å². The molecule has 1 saturated heterocycles. The van der Waals surface area contributed by atoms with E-state index in [1.807, 2.05) is 11.0 Å². The first kappa shape index (κ1) is 20.8. The molecule has 6 nitrogen and oxygen atoms in total. The van der Waals surface area contributed by atoms with Gasteiger partial charge in [0, 0.05) is 32.6 Å². The van der Waals surface area contributed by atoms with E-state index >= 15 is 0 Å². The third kappa shape index (κ3) is 4.65. The van der Waals surface area contributed by atoms with Gasteiger partial charge in [-0.1, -0.05) is 35.6 Å². The van der Waals surface area contributed by atoms with E-state index in [1.165, 1.54) is 10.3 Å². The molecule has 3 aromatic rings. The molecule has 0 spiro atoms. The van der Waals surface area contributed by atoms with Crippen LogP contribution in [0.15, 0.2) is 53.4 Å². The van der Waals surface area contributed by atoms with Gasteiger partial charge in [0.15, 0.2) is 15.0 Å². The molecule has 8 heteroatoms. The van der Waals surface area contributed by atoms with Gasteiger partial charge in [-0.25, -0.2) is 13.4 Å². The van der Waals surface area contributed by atoms with Gasteiger partial charge in [0.2, 0.25) is 5.91 Å². The van der Waals surface area contributed by atoms with Gasteiger partial charge in [0.1, 0.15) is 0 Å². The van der Waals surface area contributed by atoms with Gasteiger partial charge in [-0.2, -0.15) is 0 Å². The summed E-state index contributed by atoms with van der Waals surface area (Å²) in [7, 11) is -3.33. The summed E-state index contributed by atoms with van der Waals surface area (Å²) in [4.78, 5) is 21.6. The van der Waals surface area contributed by atoms with Crippen molar-refractivity contribution in [1.82, 2.24) is 9.88 Å². The van der Waals surface area contributed by atoms with Gasteiger partial charge in [-0.15, -0.1) is 0 Å². The third-order valence-electron chi connectivity index (χ3n) is 5.34. The van der Waals surface area contributed by atoms with Crippen LogP contribution in [-0.2, 0) is 14.6 Å². The number of aromatic nitrogens is 1. The Hall–Kier alpha value is -2.45. The summed E-state index contributed by atoms with van der Waals surface area (Å²) >= 11 is 1.69. The minimum absolute atomic E-state index is 0.00611. The maximum Gasteiger partial charge on any atom is 0.222 e. The first-order chi connectivity index (χ1) is 14.4. The van der Waals surface area contributed by atoms with Crippen LogP contribution in [-0.4, -0.2) is 56.1 Å². The van der Waals surface area contributed by atoms with Crippen LogP contribution in [0.3, 0.4) is 0 Å². The first-order valence-corrected chi connectivity index (χ1v) is 12.6. The maximum absolute atomic E-state index is 12.5. The molecule has 2 aromatic carbocycles. The fourth-order valence-corrected chi connectivity index (χ4v) is 6.07. The molecule has 4 rings (SSSR count). The number of amides is 1. The predicted molar refractivity (Wildman–Crippen MR) is 121 cm³/mol. The Kier molecular flexibility index (Phi) is 6.06. The normalized spacial score (nSPS) is 15.0. The van der Waals surface area contributed by atoms with E-state index in [1.54, 1.807) is 41.7 Å². The molecule has 0 radical (unpaired) electrons. The van der Waals surface area contributed by atoms with Gasteiger partial charge in [0.05, 0.1) is 20.9 Å². The Balaban J connectivity index is 1.28. The molecule has 1 fully saturated rings. The molecule has 0 atom stereocenters. The van der Waals surface area contributed by atoms with Crippen LogP contribution in [0.1, 0.15) is 18.4 Å². The predicted octanol–water partition coefficient (Wildman–Crippen LogP) is 3.51. The Labute approximate surface area is 181 Å². The van der Waals surface area contributed by atoms with Crippen molar-refractivity contribution in [2.24, 2.45) is 0 Å². The minimum Gasteiger partial charge on any atom is -0.345 e. The smallest absolute Gasteiger partial charge is 0.222 e. The molecule has 30 heavy (non-hydrogen) atoms. The topological polar surface area (TPSA) is 70.6 Å². The second-order valence-electron chi connectivity index (χ2n) is 7.57. The van der Waals surface area contributed by atoms with E-state index in [2.05, 4.69) is 24.0 Å². The fraction of sp³-hybridized carbons (Fsp3) is 0.364. The van der Waals surface area contributed by atoms with E-state index < -0.39 is 9.84 Å². The van der Waals surface area contributed by atoms with Crippen molar-refractivity contribution in [1.29, 1.82) is 0 Å². The molecule has 2 heterocycles. The van der Waals surface area contributed by atoms with Crippen LogP contribution >= 0.6 is 11.3 Å². The minimum atomic E-state index is -3.33. The van der Waals surface area contributed by atoms with Crippen molar-refractivity contribution in [3.05, 3.63) is 54.1 Å². The first-order valence-electron chi connectivity index (χ1n) is 10.1. The average molecular weight is 444 g/mol. The molecule has 1 amide bonds. The lowest BCUT2D eigenvalue weighted by molar-refractivity contribution is -0.131. The van der Waals surface area contributed by atoms with E-state index in [9.17, 15) is 13.2 Å². The number of hydrogen-bond donors (Lipinski definition) is 0. The highest BCUT2D eigenvalue weighted by Crippen LogP contribution is 2.30. The number of aryl methyl sites for hydroxylation is 1. The number of hydrogen-bond acceptors (Lipinski definition) is 6. The summed E-state index contributed by atoms with van der Waals surface area (Å²) in [5.41, 5.74) is 2.24. The second-order valence-corrected chi connectivity index (χ2v) is 10.7. The van der Waals surface area contributed by atoms with E-state index in [4.69, 9.17) is 4.98 Å². The number of carbonyl (C=O) groups is 1. The zero-order valence-corrected chi connectivity index (χ0v) is 18.6. The molecular weight excluding hydrogens is 418 g/mol. The van der Waals surface area contributed by atoms with Gasteiger partial charge >= 0.3 is 0 Å². The molecular formula is C22H25N3O3S2. The molecule has 0 saturated carbocycles. The molecule has 1 aliphatic rings. The maximum atomic E-state index is 12.5. The van der Waals surface area contributed by atoms with Crippen molar-refractivity contribution in [2.45, 2.75) is 24.7 Å². The zero-order chi connectivity index (χ0) is 21.1. The van der Waals surface area contributed by atoms with E-state index in [0.717, 1.165) is 23.7 Å². The lowest BCUT2D eigenvalue weighted by Gasteiger charge is -2.34. The summed E-state index contributed by atoms with van der Waals surface area (Å²) < 4.78 is 25.9. The van der Waals surface area contributed by atoms with Crippen molar-refractivity contribution >= 4 is 42.4 Å². The van der Waals surface area contributed by atoms with Crippen molar-refractivity contribution < 1.29 is 13.2 Å². The highest BCUT2D eigenvalue weighted by atomic mass is 32.2. The second kappa shape index (κ2) is 8.73. The number of sulfone groups is 1. The van der Waals surface area contributed by atoms with Crippen LogP contribution in [0.5, 0.6) is 0 Å². The number of carbonyl (C=O) groups excluding carboxylic acids is 1. The summed E-state index contributed by atoms with van der Waals surface area (Å²) in [6.45, 7) is 4.84. The zero-order valence-electron chi connectivity index (χ0n) is 17.0. The van der Waals surface area contributed by atoms with Crippen molar-refractivity contribution in [3.63, 3.8) is 0 Å². The standard InChI is InChI=1S/C22H25N3O3S2/c1-17-9-10-19-20(16-17)29-22(23-19)25-13-11-24(12-14-25)21(26)8-5-15-30(27,28)18-6-3-2-4-7-18/h2-4,6-7,9-10,16H,5,8,11-15H2,1H3. The largest absolute Gasteiger partial charge is 0.345 e. The molecule has 1 aromatic heterocycles. The van der Waals surface area contributed by atoms with E-state index in [-0.39, 0.29) is 18.1 Å². The van der Waals surface area contributed by atoms with Crippen molar-refractivity contribution in [3.8, 4) is 0 Å². The number of piperazine rings is 1.